The number of nitrogens with zero attached hydrogens (tertiary/aromatic N) is 4. The second-order valence-corrected chi connectivity index (χ2v) is 10.1. The van der Waals surface area contributed by atoms with Gasteiger partial charge in [-0.3, -0.25) is 14.2 Å². The lowest BCUT2D eigenvalue weighted by molar-refractivity contribution is -0.123. The second-order valence-electron chi connectivity index (χ2n) is 9.66. The van der Waals surface area contributed by atoms with Crippen molar-refractivity contribution in [2.75, 3.05) is 14.2 Å². The number of amides is 1. The first kappa shape index (κ1) is 26.2. The molecule has 1 amide bonds. The number of ether oxygens (including phenoxy) is 1. The molecule has 0 aliphatic rings. The zero-order valence-electron chi connectivity index (χ0n) is 21.4. The number of fused-ring (bicyclic) bond motifs is 1. The topological polar surface area (TPSA) is 111 Å². The van der Waals surface area contributed by atoms with E-state index in [4.69, 9.17) is 16.3 Å². The van der Waals surface area contributed by atoms with Crippen LogP contribution in [0.2, 0.25) is 5.02 Å². The van der Waals surface area contributed by atoms with Crippen molar-refractivity contribution in [3.8, 4) is 28.5 Å². The first-order chi connectivity index (χ1) is 17.6. The monoisotopic (exact) mass is 520 g/mol. The molecule has 192 valence electrons. The molecule has 37 heavy (non-hydrogen) atoms. The van der Waals surface area contributed by atoms with Crippen molar-refractivity contribution in [2.24, 2.45) is 0 Å². The van der Waals surface area contributed by atoms with E-state index in [1.807, 2.05) is 46.0 Å². The predicted octanol–water partition coefficient (Wildman–Crippen LogP) is 3.82. The highest BCUT2D eigenvalue weighted by Crippen LogP contribution is 2.27. The van der Waals surface area contributed by atoms with Crippen molar-refractivity contribution in [1.82, 2.24) is 30.2 Å². The first-order valence-electron chi connectivity index (χ1n) is 11.8. The minimum Gasteiger partial charge on any atom is -0.481 e. The molecule has 0 bridgehead atoms. The fourth-order valence-electron chi connectivity index (χ4n) is 3.98. The summed E-state index contributed by atoms with van der Waals surface area (Å²) in [5.41, 5.74) is 2.30. The summed E-state index contributed by atoms with van der Waals surface area (Å²) in [5.74, 6) is 0.259. The molecule has 0 saturated carbocycles. The Kier molecular flexibility index (Phi) is 7.56. The molecule has 0 saturated heterocycles. The molecule has 0 radical (unpaired) electrons. The number of halogens is 1. The van der Waals surface area contributed by atoms with Crippen LogP contribution >= 0.6 is 11.6 Å². The number of hydrogen-bond donors (Lipinski definition) is 2. The Morgan fingerprint density at radius 1 is 1.11 bits per heavy atom. The van der Waals surface area contributed by atoms with E-state index in [-0.39, 0.29) is 29.3 Å². The molecule has 0 spiro atoms. The Balaban J connectivity index is 1.90. The standard InChI is InChI=1S/C27H29ClN6O3/c1-27(2,3)33-22(35)15-34-25(21-7-6-8-23(31-21)37-5)32-24-20(26(34)36)12-18(14-30-24)17-9-16(13-29-4)10-19(28)11-17/h6-12,14,29H,13,15H2,1-5H3,(H,33,35). The molecule has 10 heteroatoms. The number of benzene rings is 1. The number of hydrogen-bond acceptors (Lipinski definition) is 7. The van der Waals surface area contributed by atoms with Gasteiger partial charge in [0.1, 0.15) is 12.2 Å². The van der Waals surface area contributed by atoms with E-state index in [2.05, 4.69) is 25.6 Å². The van der Waals surface area contributed by atoms with E-state index in [1.54, 1.807) is 30.5 Å². The highest BCUT2D eigenvalue weighted by molar-refractivity contribution is 6.31. The lowest BCUT2D eigenvalue weighted by Gasteiger charge is -2.21. The van der Waals surface area contributed by atoms with Crippen LogP contribution in [0.4, 0.5) is 0 Å². The van der Waals surface area contributed by atoms with Crippen molar-refractivity contribution in [2.45, 2.75) is 39.4 Å². The van der Waals surface area contributed by atoms with Gasteiger partial charge >= 0.3 is 0 Å². The quantitative estimate of drug-likeness (QED) is 0.381. The van der Waals surface area contributed by atoms with Gasteiger partial charge in [-0.15, -0.1) is 0 Å². The number of carbonyl (C=O) groups is 1. The number of pyridine rings is 2. The van der Waals surface area contributed by atoms with Crippen LogP contribution in [-0.4, -0.2) is 45.1 Å². The number of nitrogens with one attached hydrogen (secondary N) is 2. The molecule has 4 rings (SSSR count). The Morgan fingerprint density at radius 3 is 2.59 bits per heavy atom. The second kappa shape index (κ2) is 10.7. The SMILES string of the molecule is CNCc1cc(Cl)cc(-c2cnc3nc(-c4cccc(OC)n4)n(CC(=O)NC(C)(C)C)c(=O)c3c2)c1. The van der Waals surface area contributed by atoms with E-state index in [1.165, 1.54) is 11.7 Å². The van der Waals surface area contributed by atoms with Crippen molar-refractivity contribution in [3.63, 3.8) is 0 Å². The number of rotatable bonds is 7. The van der Waals surface area contributed by atoms with Gasteiger partial charge in [-0.05, 0) is 69.3 Å². The van der Waals surface area contributed by atoms with Crippen LogP contribution in [0.5, 0.6) is 5.88 Å². The van der Waals surface area contributed by atoms with Gasteiger partial charge < -0.3 is 15.4 Å². The van der Waals surface area contributed by atoms with Gasteiger partial charge in [-0.1, -0.05) is 17.7 Å². The van der Waals surface area contributed by atoms with E-state index >= 15 is 0 Å². The fraction of sp³-hybridized carbons (Fsp3) is 0.296. The van der Waals surface area contributed by atoms with E-state index in [0.717, 1.165) is 11.1 Å². The highest BCUT2D eigenvalue weighted by Gasteiger charge is 2.20. The molecule has 4 aromatic rings. The van der Waals surface area contributed by atoms with Gasteiger partial charge in [0.05, 0.1) is 12.5 Å². The maximum absolute atomic E-state index is 13.8. The van der Waals surface area contributed by atoms with E-state index < -0.39 is 11.1 Å². The van der Waals surface area contributed by atoms with Gasteiger partial charge in [0.25, 0.3) is 5.56 Å². The van der Waals surface area contributed by atoms with Crippen LogP contribution in [0, 0.1) is 0 Å². The van der Waals surface area contributed by atoms with Crippen molar-refractivity contribution in [3.05, 3.63) is 69.6 Å². The molecule has 9 nitrogen and oxygen atoms in total. The van der Waals surface area contributed by atoms with Gasteiger partial charge in [-0.2, -0.15) is 0 Å². The minimum atomic E-state index is -0.467. The van der Waals surface area contributed by atoms with E-state index in [0.29, 0.717) is 28.7 Å². The average molecular weight is 521 g/mol. The number of aromatic nitrogens is 4. The van der Waals surface area contributed by atoms with Gasteiger partial charge in [-0.25, -0.2) is 15.0 Å². The van der Waals surface area contributed by atoms with Crippen LogP contribution in [0.3, 0.4) is 0 Å². The maximum atomic E-state index is 13.8. The average Bonchev–Trinajstić information content (AvgIpc) is 2.84. The Labute approximate surface area is 219 Å². The molecule has 2 N–H and O–H groups in total. The molecular formula is C27H29ClN6O3. The van der Waals surface area contributed by atoms with Crippen LogP contribution < -0.4 is 20.9 Å². The Hall–Kier alpha value is -3.82. The van der Waals surface area contributed by atoms with Gasteiger partial charge in [0.15, 0.2) is 11.5 Å². The molecule has 0 aliphatic carbocycles. The summed E-state index contributed by atoms with van der Waals surface area (Å²) >= 11 is 6.35. The van der Waals surface area contributed by atoms with Crippen LogP contribution in [0.25, 0.3) is 33.7 Å². The summed E-state index contributed by atoms with van der Waals surface area (Å²) in [5, 5.41) is 6.87. The number of methoxy groups -OCH3 is 1. The molecular weight excluding hydrogens is 492 g/mol. The van der Waals surface area contributed by atoms with Crippen LogP contribution in [0.1, 0.15) is 26.3 Å². The molecule has 3 heterocycles. The van der Waals surface area contributed by atoms with Crippen molar-refractivity contribution < 1.29 is 9.53 Å². The molecule has 0 fully saturated rings. The summed E-state index contributed by atoms with van der Waals surface area (Å²) in [6.45, 7) is 6.03. The normalized spacial score (nSPS) is 11.5. The highest BCUT2D eigenvalue weighted by atomic mass is 35.5. The zero-order chi connectivity index (χ0) is 26.7. The molecule has 0 unspecified atom stereocenters. The largest absolute Gasteiger partial charge is 0.481 e. The van der Waals surface area contributed by atoms with Crippen molar-refractivity contribution >= 4 is 28.5 Å². The maximum Gasteiger partial charge on any atom is 0.263 e. The minimum absolute atomic E-state index is 0.222. The number of carbonyl (C=O) groups excluding carboxylic acids is 1. The third-order valence-corrected chi connectivity index (χ3v) is 5.68. The molecule has 0 atom stereocenters. The predicted molar refractivity (Wildman–Crippen MR) is 145 cm³/mol. The third kappa shape index (κ3) is 6.12. The molecule has 1 aromatic carbocycles. The Morgan fingerprint density at radius 2 is 1.89 bits per heavy atom. The summed E-state index contributed by atoms with van der Waals surface area (Å²) in [6.07, 6.45) is 1.66. The van der Waals surface area contributed by atoms with Gasteiger partial charge in [0, 0.05) is 34.9 Å². The summed E-state index contributed by atoms with van der Waals surface area (Å²) < 4.78 is 6.57. The third-order valence-electron chi connectivity index (χ3n) is 5.46. The molecule has 0 aliphatic heterocycles. The first-order valence-corrected chi connectivity index (χ1v) is 12.1. The Bertz CT molecular complexity index is 1530. The van der Waals surface area contributed by atoms with Crippen LogP contribution in [0.15, 0.2) is 53.5 Å². The zero-order valence-corrected chi connectivity index (χ0v) is 22.2. The summed E-state index contributed by atoms with van der Waals surface area (Å²) in [6, 6.07) is 12.6. The summed E-state index contributed by atoms with van der Waals surface area (Å²) in [7, 11) is 3.36. The lowest BCUT2D eigenvalue weighted by atomic mass is 10.0. The van der Waals surface area contributed by atoms with Crippen LogP contribution in [-0.2, 0) is 17.9 Å². The van der Waals surface area contributed by atoms with Crippen molar-refractivity contribution in [1.29, 1.82) is 0 Å². The summed E-state index contributed by atoms with van der Waals surface area (Å²) in [4.78, 5) is 40.2. The lowest BCUT2D eigenvalue weighted by Crippen LogP contribution is -2.43. The van der Waals surface area contributed by atoms with Gasteiger partial charge in [0.2, 0.25) is 11.8 Å². The smallest absolute Gasteiger partial charge is 0.263 e. The fourth-order valence-corrected chi connectivity index (χ4v) is 4.24. The molecule has 3 aromatic heterocycles. The van der Waals surface area contributed by atoms with E-state index in [9.17, 15) is 9.59 Å².